The molecule has 0 aromatic carbocycles. The van der Waals surface area contributed by atoms with E-state index in [0.29, 0.717) is 95.5 Å². The summed E-state index contributed by atoms with van der Waals surface area (Å²) < 4.78 is 134. The van der Waals surface area contributed by atoms with Crippen LogP contribution in [-0.2, 0) is 95.5 Å². The van der Waals surface area contributed by atoms with Crippen LogP contribution in [0.15, 0.2) is 48.6 Å². The van der Waals surface area contributed by atoms with Gasteiger partial charge < -0.3 is 97.5 Å². The van der Waals surface area contributed by atoms with E-state index in [-0.39, 0.29) is 219 Å². The van der Waals surface area contributed by atoms with E-state index in [0.717, 1.165) is 125 Å². The minimum atomic E-state index is -3.67. The standard InChI is InChI=1S/2C41H61NO10.CH4O3S/c2*1-20-11-26-5-7-31-21(2)12-28(46-31)9-10-41-17-36-30(19-45-41)37-39(51-36)40(52-41)38-32(50-37)8-6-27(48-38)13-24(43)14-29-23(4)33(15-25(44)18-42)49-35(29)16-34(47-26)22(20)3;1-5(2,3)4/h2*20,23,25-40,44H,2-3,5-19,42H2,1,4H3;1H3,(H,2,3,4)/t2*20-,23-,25+,26+,27?,28+,29-,30+,31?,32+,33-,34?,35+,36-,37+,38+,39-,40+,41+;/m11./s1. The fraction of sp³-hybridized carbons (Fsp3) is 0.880. The predicted molar refractivity (Wildman–Crippen MR) is 396 cm³/mol. The summed E-state index contributed by atoms with van der Waals surface area (Å²) in [5.41, 5.74) is 16.1. The monoisotopic (exact) mass is 1550 g/mol. The second kappa shape index (κ2) is 32.7. The van der Waals surface area contributed by atoms with E-state index in [4.69, 9.17) is 91.8 Å². The number of ketones is 2. The number of rotatable bonds is 6. The number of Topliss-reactive ketones (excluding diaryl/α,β-unsaturated/α-hetero) is 2. The number of carbonyl (C=O) groups excluding carboxylic acids is 2. The van der Waals surface area contributed by atoms with Crippen molar-refractivity contribution in [2.45, 2.75) is 377 Å². The SMILES string of the molecule is C=C1C[C@@H]2CC[C@@]34C[C@H]5O[C@H]6[C@@H](O3)[C@H]3OC(CC[C@@H]3O[C@H]6[C@H]5CO4)CC(=O)C[C@@H]3[C@@H](C)[C@@H](C[C@H](O)CN)O[C@H]3CC3O[C@@H](CCC1O2)C[C@@H](C)C3=C.C=C1C[C@@H]2CC[C@@]34C[C@H]5O[C@H]6[C@@H](O3)[C@H]3OC(CC[C@@H]3O[C@H]6[C@H]5CO4)CC(=O)C[C@@H]3[C@@H](C)[C@@H](C[C@H](O)CN)O[C@H]3CC3O[C@@H](CCC1O2)C[C@@H](C)C3=C.CS(=O)(=O)O. The van der Waals surface area contributed by atoms with Gasteiger partial charge in [0.2, 0.25) is 0 Å². The summed E-state index contributed by atoms with van der Waals surface area (Å²) in [5.74, 6) is -0.0559. The first-order valence-electron chi connectivity index (χ1n) is 42.1. The van der Waals surface area contributed by atoms with Crippen molar-refractivity contribution in [3.05, 3.63) is 48.6 Å². The van der Waals surface area contributed by atoms with E-state index in [1.165, 1.54) is 0 Å². The summed E-state index contributed by atoms with van der Waals surface area (Å²) in [7, 11) is -3.67. The van der Waals surface area contributed by atoms with E-state index in [9.17, 15) is 28.2 Å². The van der Waals surface area contributed by atoms with Crippen LogP contribution >= 0.6 is 0 Å². The van der Waals surface area contributed by atoms with Crippen LogP contribution in [-0.4, -0.2) is 250 Å². The molecule has 0 amide bonds. The predicted octanol–water partition coefficient (Wildman–Crippen LogP) is 8.12. The third-order valence-corrected chi connectivity index (χ3v) is 29.2. The Bertz CT molecular complexity index is 3210. The maximum absolute atomic E-state index is 14.0. The largest absolute Gasteiger partial charge is 0.392 e. The molecule has 18 fully saturated rings. The molecule has 18 saturated heterocycles. The Morgan fingerprint density at radius 1 is 0.422 bits per heavy atom. The van der Waals surface area contributed by atoms with Gasteiger partial charge in [0.05, 0.1) is 154 Å². The number of aliphatic hydroxyl groups excluding tert-OH is 2. The highest BCUT2D eigenvalue weighted by atomic mass is 32.2. The zero-order valence-electron chi connectivity index (χ0n) is 64.9. The van der Waals surface area contributed by atoms with Gasteiger partial charge in [0.25, 0.3) is 10.1 Å². The summed E-state index contributed by atoms with van der Waals surface area (Å²) in [5, 5.41) is 21.0. The van der Waals surface area contributed by atoms with Crippen molar-refractivity contribution in [1.82, 2.24) is 0 Å². The lowest BCUT2D eigenvalue weighted by molar-refractivity contribution is -0.352. The van der Waals surface area contributed by atoms with Crippen molar-refractivity contribution in [2.75, 3.05) is 32.6 Å². The molecule has 0 aromatic rings. The van der Waals surface area contributed by atoms with Gasteiger partial charge in [0.15, 0.2) is 11.6 Å². The molecule has 0 aromatic heterocycles. The van der Waals surface area contributed by atoms with Gasteiger partial charge in [0, 0.05) is 102 Å². The molecule has 0 aliphatic carbocycles. The second-order valence-electron chi connectivity index (χ2n) is 36.7. The first-order valence-corrected chi connectivity index (χ1v) is 43.9. The molecule has 0 saturated carbocycles. The zero-order chi connectivity index (χ0) is 76.3. The molecule has 26 heteroatoms. The minimum absolute atomic E-state index is 0.00242. The molecule has 18 aliphatic rings. The van der Waals surface area contributed by atoms with E-state index in [2.05, 4.69) is 54.0 Å². The zero-order valence-corrected chi connectivity index (χ0v) is 65.7. The Morgan fingerprint density at radius 2 is 0.798 bits per heavy atom. The van der Waals surface area contributed by atoms with E-state index < -0.39 is 33.9 Å². The molecule has 109 heavy (non-hydrogen) atoms. The van der Waals surface area contributed by atoms with Gasteiger partial charge >= 0.3 is 0 Å². The van der Waals surface area contributed by atoms with Gasteiger partial charge in [-0.05, 0) is 148 Å². The quantitative estimate of drug-likeness (QED) is 0.124. The average Bonchev–Trinajstić information content (AvgIpc) is 1.59. The van der Waals surface area contributed by atoms with Gasteiger partial charge in [-0.25, -0.2) is 0 Å². The van der Waals surface area contributed by atoms with Gasteiger partial charge in [-0.15, -0.1) is 0 Å². The lowest BCUT2D eigenvalue weighted by Crippen LogP contribution is -2.66. The highest BCUT2D eigenvalue weighted by Crippen LogP contribution is 2.57. The third-order valence-electron chi connectivity index (χ3n) is 29.2. The Morgan fingerprint density at radius 3 is 1.20 bits per heavy atom. The summed E-state index contributed by atoms with van der Waals surface area (Å²) in [4.78, 5) is 28.1. The van der Waals surface area contributed by atoms with Crippen molar-refractivity contribution in [3.8, 4) is 0 Å². The molecule has 6 unspecified atom stereocenters. The van der Waals surface area contributed by atoms with Crippen LogP contribution < -0.4 is 11.5 Å². The molecule has 0 radical (unpaired) electrons. The summed E-state index contributed by atoms with van der Waals surface area (Å²) >= 11 is 0. The molecular formula is C83H126N2O23S. The minimum Gasteiger partial charge on any atom is -0.392 e. The number of ether oxygens (including phenoxy) is 16. The Labute approximate surface area is 644 Å². The van der Waals surface area contributed by atoms with Crippen LogP contribution in [0.25, 0.3) is 0 Å². The molecular weight excluding hydrogens is 1420 g/mol. The van der Waals surface area contributed by atoms with Crippen molar-refractivity contribution in [1.29, 1.82) is 0 Å². The number of hydrogen-bond donors (Lipinski definition) is 5. The van der Waals surface area contributed by atoms with Crippen LogP contribution in [0, 0.1) is 47.3 Å². The third kappa shape index (κ3) is 17.0. The molecule has 18 rings (SSSR count). The maximum Gasteiger partial charge on any atom is 0.261 e. The maximum atomic E-state index is 14.0. The molecule has 18 heterocycles. The number of fused-ring (bicyclic) bond motifs is 14. The number of hydrogen-bond acceptors (Lipinski definition) is 24. The topological polar surface area (TPSA) is 329 Å². The Kier molecular flexibility index (Phi) is 24.1. The number of aliphatic hydroxyl groups is 2. The molecule has 612 valence electrons. The fourth-order valence-electron chi connectivity index (χ4n) is 23.0. The van der Waals surface area contributed by atoms with Gasteiger partial charge in [-0.2, -0.15) is 8.42 Å². The molecule has 20 bridgehead atoms. The normalized spacial score (nSPS) is 50.7. The van der Waals surface area contributed by atoms with E-state index in [1.54, 1.807) is 0 Å². The van der Waals surface area contributed by atoms with Gasteiger partial charge in [0.1, 0.15) is 48.2 Å². The van der Waals surface area contributed by atoms with Crippen molar-refractivity contribution < 1.29 is 109 Å². The highest BCUT2D eigenvalue weighted by Gasteiger charge is 2.68. The van der Waals surface area contributed by atoms with E-state index in [1.807, 2.05) is 0 Å². The smallest absolute Gasteiger partial charge is 0.261 e. The molecule has 2 spiro atoms. The van der Waals surface area contributed by atoms with Gasteiger partial charge in [-0.3, -0.25) is 14.1 Å². The number of carbonyl (C=O) groups is 2. The lowest BCUT2D eigenvalue weighted by Gasteiger charge is -2.53. The summed E-state index contributed by atoms with van der Waals surface area (Å²) in [6.07, 6.45) is 14.4. The van der Waals surface area contributed by atoms with Crippen molar-refractivity contribution >= 4 is 21.7 Å². The number of nitrogens with two attached hydrogens (primary N) is 2. The fourth-order valence-corrected chi connectivity index (χ4v) is 23.0. The molecule has 7 N–H and O–H groups in total. The van der Waals surface area contributed by atoms with Gasteiger partial charge in [-0.1, -0.05) is 54.0 Å². The van der Waals surface area contributed by atoms with E-state index >= 15 is 0 Å². The molecule has 25 nitrogen and oxygen atoms in total. The Balaban J connectivity index is 0.000000156. The van der Waals surface area contributed by atoms with Crippen LogP contribution in [0.1, 0.15) is 195 Å². The second-order valence-corrected chi connectivity index (χ2v) is 38.2. The first-order chi connectivity index (χ1) is 52.1. The lowest BCUT2D eigenvalue weighted by atomic mass is 9.78. The highest BCUT2D eigenvalue weighted by molar-refractivity contribution is 7.85. The molecule has 38 atom stereocenters. The average molecular weight is 1550 g/mol. The molecule has 18 aliphatic heterocycles. The van der Waals surface area contributed by atoms with Crippen LogP contribution in [0.5, 0.6) is 0 Å². The van der Waals surface area contributed by atoms with Crippen LogP contribution in [0.2, 0.25) is 0 Å². The van der Waals surface area contributed by atoms with Crippen LogP contribution in [0.3, 0.4) is 0 Å². The van der Waals surface area contributed by atoms with Crippen molar-refractivity contribution in [2.24, 2.45) is 58.8 Å². The van der Waals surface area contributed by atoms with Crippen molar-refractivity contribution in [3.63, 3.8) is 0 Å². The Hall–Kier alpha value is -2.59. The first kappa shape index (κ1) is 80.2. The van der Waals surface area contributed by atoms with Crippen LogP contribution in [0.4, 0.5) is 0 Å². The summed E-state index contributed by atoms with van der Waals surface area (Å²) in [6, 6.07) is 0. The summed E-state index contributed by atoms with van der Waals surface area (Å²) in [6.45, 7) is 28.2.